The Labute approximate surface area is 184 Å². The fraction of sp³-hybridized carbons (Fsp3) is 0.381. The topological polar surface area (TPSA) is 66.5 Å². The van der Waals surface area contributed by atoms with Crippen LogP contribution >= 0.6 is 11.6 Å². The summed E-state index contributed by atoms with van der Waals surface area (Å²) >= 11 is 5.81. The van der Waals surface area contributed by atoms with Crippen LogP contribution in [-0.2, 0) is 27.4 Å². The van der Waals surface area contributed by atoms with Crippen LogP contribution in [0.2, 0.25) is 5.02 Å². The molecule has 0 spiro atoms. The molecule has 0 bridgehead atoms. The third-order valence-corrected chi connectivity index (χ3v) is 7.44. The summed E-state index contributed by atoms with van der Waals surface area (Å²) < 4.78 is 64.5. The summed E-state index contributed by atoms with van der Waals surface area (Å²) in [6, 6.07) is 10.8. The van der Waals surface area contributed by atoms with Crippen LogP contribution in [0.4, 0.5) is 13.2 Å². The van der Waals surface area contributed by atoms with E-state index in [1.807, 2.05) is 0 Å². The molecule has 10 heteroatoms. The average Bonchev–Trinajstić information content (AvgIpc) is 2.74. The number of nitrogens with one attached hydrogen (secondary N) is 1. The fourth-order valence-electron chi connectivity index (χ4n) is 3.45. The van der Waals surface area contributed by atoms with Gasteiger partial charge in [0.25, 0.3) is 0 Å². The molecule has 1 heterocycles. The highest BCUT2D eigenvalue weighted by Crippen LogP contribution is 2.29. The van der Waals surface area contributed by atoms with Crippen molar-refractivity contribution < 1.29 is 26.4 Å². The molecule has 1 aliphatic heterocycles. The number of amides is 1. The first-order valence-corrected chi connectivity index (χ1v) is 11.6. The summed E-state index contributed by atoms with van der Waals surface area (Å²) in [5.74, 6) is -0.472. The molecule has 5 nitrogen and oxygen atoms in total. The normalized spacial score (nSPS) is 16.3. The molecule has 1 N–H and O–H groups in total. The number of alkyl halides is 3. The minimum atomic E-state index is -4.37. The van der Waals surface area contributed by atoms with Crippen LogP contribution in [-0.4, -0.2) is 38.3 Å². The Hall–Kier alpha value is -2.10. The number of hydrogen-bond donors (Lipinski definition) is 1. The van der Waals surface area contributed by atoms with Gasteiger partial charge in [0.05, 0.1) is 10.5 Å². The predicted octanol–water partition coefficient (Wildman–Crippen LogP) is 4.12. The minimum absolute atomic E-state index is 0.163. The molecular weight excluding hydrogens is 453 g/mol. The Kier molecular flexibility index (Phi) is 7.28. The van der Waals surface area contributed by atoms with Crippen LogP contribution in [0.3, 0.4) is 0 Å². The van der Waals surface area contributed by atoms with Crippen molar-refractivity contribution in [1.29, 1.82) is 0 Å². The number of carbonyl (C=O) groups excluding carboxylic acids is 1. The van der Waals surface area contributed by atoms with Crippen LogP contribution in [0.25, 0.3) is 0 Å². The van der Waals surface area contributed by atoms with Gasteiger partial charge in [-0.1, -0.05) is 23.7 Å². The van der Waals surface area contributed by atoms with Crippen LogP contribution in [0.1, 0.15) is 24.0 Å². The highest BCUT2D eigenvalue weighted by atomic mass is 35.5. The van der Waals surface area contributed by atoms with Gasteiger partial charge in [0.1, 0.15) is 0 Å². The maximum Gasteiger partial charge on any atom is 0.416 e. The molecule has 0 unspecified atom stereocenters. The molecule has 1 fully saturated rings. The molecule has 2 aromatic carbocycles. The van der Waals surface area contributed by atoms with Crippen molar-refractivity contribution in [3.8, 4) is 0 Å². The van der Waals surface area contributed by atoms with Gasteiger partial charge in [-0.15, -0.1) is 0 Å². The molecule has 3 rings (SSSR count). The summed E-state index contributed by atoms with van der Waals surface area (Å²) in [7, 11) is -3.63. The molecule has 31 heavy (non-hydrogen) atoms. The lowest BCUT2D eigenvalue weighted by Gasteiger charge is -2.30. The quantitative estimate of drug-likeness (QED) is 0.685. The van der Waals surface area contributed by atoms with E-state index in [1.165, 1.54) is 40.7 Å². The summed E-state index contributed by atoms with van der Waals surface area (Å²) in [4.78, 5) is 12.6. The van der Waals surface area contributed by atoms with Crippen molar-refractivity contribution in [2.24, 2.45) is 5.92 Å². The fourth-order valence-corrected chi connectivity index (χ4v) is 5.04. The third kappa shape index (κ3) is 5.99. The Morgan fingerprint density at radius 2 is 1.61 bits per heavy atom. The number of sulfonamides is 1. The number of carbonyl (C=O) groups is 1. The molecule has 1 aliphatic rings. The molecule has 0 aromatic heterocycles. The molecule has 168 valence electrons. The van der Waals surface area contributed by atoms with Crippen molar-refractivity contribution in [2.45, 2.75) is 30.3 Å². The van der Waals surface area contributed by atoms with Gasteiger partial charge in [-0.05, 0) is 61.2 Å². The van der Waals surface area contributed by atoms with Gasteiger partial charge in [-0.3, -0.25) is 4.79 Å². The monoisotopic (exact) mass is 474 g/mol. The standard InChI is InChI=1S/C21H22ClF3N2O3S/c22-18-5-7-19(8-6-18)31(29,30)27-13-10-16(11-14-27)20(28)26-12-9-15-1-3-17(4-2-15)21(23,24)25/h1-8,16H,9-14H2,(H,26,28). The summed E-state index contributed by atoms with van der Waals surface area (Å²) in [6.45, 7) is 0.775. The lowest BCUT2D eigenvalue weighted by atomic mass is 9.97. The lowest BCUT2D eigenvalue weighted by Crippen LogP contribution is -2.43. The largest absolute Gasteiger partial charge is 0.416 e. The highest BCUT2D eigenvalue weighted by molar-refractivity contribution is 7.89. The molecular formula is C21H22ClF3N2O3S. The SMILES string of the molecule is O=C(NCCc1ccc(C(F)(F)F)cc1)C1CCN(S(=O)(=O)c2ccc(Cl)cc2)CC1. The van der Waals surface area contributed by atoms with Crippen molar-refractivity contribution in [3.63, 3.8) is 0 Å². The van der Waals surface area contributed by atoms with Crippen molar-refractivity contribution in [2.75, 3.05) is 19.6 Å². The first kappa shape index (κ1) is 23.6. The van der Waals surface area contributed by atoms with Crippen LogP contribution in [0, 0.1) is 5.92 Å². The van der Waals surface area contributed by atoms with E-state index in [-0.39, 0.29) is 29.8 Å². The Morgan fingerprint density at radius 1 is 1.03 bits per heavy atom. The summed E-state index contributed by atoms with van der Waals surface area (Å²) in [6.07, 6.45) is -3.16. The van der Waals surface area contributed by atoms with E-state index >= 15 is 0 Å². The first-order chi connectivity index (χ1) is 14.6. The zero-order valence-corrected chi connectivity index (χ0v) is 18.1. The van der Waals surface area contributed by atoms with E-state index in [0.29, 0.717) is 36.4 Å². The second-order valence-electron chi connectivity index (χ2n) is 7.37. The zero-order valence-electron chi connectivity index (χ0n) is 16.5. The van der Waals surface area contributed by atoms with Gasteiger partial charge in [0.2, 0.25) is 15.9 Å². The van der Waals surface area contributed by atoms with Gasteiger partial charge in [-0.2, -0.15) is 17.5 Å². The number of nitrogens with zero attached hydrogens (tertiary/aromatic N) is 1. The van der Waals surface area contributed by atoms with Gasteiger partial charge in [0.15, 0.2) is 0 Å². The van der Waals surface area contributed by atoms with E-state index in [4.69, 9.17) is 11.6 Å². The Morgan fingerprint density at radius 3 is 2.16 bits per heavy atom. The van der Waals surface area contributed by atoms with E-state index in [1.54, 1.807) is 0 Å². The highest BCUT2D eigenvalue weighted by Gasteiger charge is 2.32. The number of halogens is 4. The molecule has 0 saturated carbocycles. The van der Waals surface area contributed by atoms with Gasteiger partial charge < -0.3 is 5.32 Å². The maximum atomic E-state index is 12.7. The smallest absolute Gasteiger partial charge is 0.356 e. The number of rotatable bonds is 6. The third-order valence-electron chi connectivity index (χ3n) is 5.27. The van der Waals surface area contributed by atoms with Crippen LogP contribution in [0.5, 0.6) is 0 Å². The number of piperidine rings is 1. The summed E-state index contributed by atoms with van der Waals surface area (Å²) in [5, 5.41) is 3.24. The lowest BCUT2D eigenvalue weighted by molar-refractivity contribution is -0.137. The van der Waals surface area contributed by atoms with Gasteiger partial charge in [-0.25, -0.2) is 8.42 Å². The summed E-state index contributed by atoms with van der Waals surface area (Å²) in [5.41, 5.74) is -0.0159. The maximum absolute atomic E-state index is 12.7. The van der Waals surface area contributed by atoms with E-state index < -0.39 is 21.8 Å². The number of benzene rings is 2. The van der Waals surface area contributed by atoms with Crippen molar-refractivity contribution >= 4 is 27.5 Å². The molecule has 1 amide bonds. The molecule has 0 radical (unpaired) electrons. The first-order valence-electron chi connectivity index (χ1n) is 9.77. The second kappa shape index (κ2) is 9.58. The van der Waals surface area contributed by atoms with E-state index in [9.17, 15) is 26.4 Å². The molecule has 0 aliphatic carbocycles. The Balaban J connectivity index is 1.46. The van der Waals surface area contributed by atoms with Crippen LogP contribution in [0.15, 0.2) is 53.4 Å². The van der Waals surface area contributed by atoms with Gasteiger partial charge >= 0.3 is 6.18 Å². The molecule has 0 atom stereocenters. The zero-order chi connectivity index (χ0) is 22.6. The molecule has 2 aromatic rings. The average molecular weight is 475 g/mol. The predicted molar refractivity (Wildman–Crippen MR) is 111 cm³/mol. The Bertz CT molecular complexity index is 1000. The van der Waals surface area contributed by atoms with Gasteiger partial charge in [0, 0.05) is 30.6 Å². The van der Waals surface area contributed by atoms with Crippen molar-refractivity contribution in [1.82, 2.24) is 9.62 Å². The van der Waals surface area contributed by atoms with Crippen molar-refractivity contribution in [3.05, 3.63) is 64.7 Å². The van der Waals surface area contributed by atoms with E-state index in [2.05, 4.69) is 5.32 Å². The van der Waals surface area contributed by atoms with Crippen LogP contribution < -0.4 is 5.32 Å². The number of hydrogen-bond acceptors (Lipinski definition) is 3. The van der Waals surface area contributed by atoms with E-state index in [0.717, 1.165) is 12.1 Å². The minimum Gasteiger partial charge on any atom is -0.356 e. The molecule has 1 saturated heterocycles. The second-order valence-corrected chi connectivity index (χ2v) is 9.74.